The number of carbonyl (C=O) groups excluding carboxylic acids is 1. The predicted octanol–water partition coefficient (Wildman–Crippen LogP) is 0.453. The summed E-state index contributed by atoms with van der Waals surface area (Å²) in [6.07, 6.45) is 5.15. The molecule has 0 saturated carbocycles. The van der Waals surface area contributed by atoms with Crippen molar-refractivity contribution < 1.29 is 4.79 Å². The van der Waals surface area contributed by atoms with E-state index in [0.29, 0.717) is 19.6 Å². The molecule has 0 aromatic heterocycles. The standard InChI is InChI=1S/C10H18N2O/c1-5-7-12(6-2)9(13)10(3,4)8-11/h1H,6-8,11H2,2-4H3. The summed E-state index contributed by atoms with van der Waals surface area (Å²) in [4.78, 5) is 13.4. The third kappa shape index (κ3) is 3.08. The second-order valence-corrected chi connectivity index (χ2v) is 3.61. The molecule has 0 heterocycles. The number of hydrogen-bond acceptors (Lipinski definition) is 2. The molecule has 0 fully saturated rings. The number of amides is 1. The molecule has 0 aromatic rings. The van der Waals surface area contributed by atoms with Crippen LogP contribution in [0.1, 0.15) is 20.8 Å². The lowest BCUT2D eigenvalue weighted by Crippen LogP contribution is -2.44. The number of hydrogen-bond donors (Lipinski definition) is 1. The molecule has 0 rings (SSSR count). The van der Waals surface area contributed by atoms with E-state index in [9.17, 15) is 4.79 Å². The van der Waals surface area contributed by atoms with Crippen LogP contribution < -0.4 is 5.73 Å². The minimum Gasteiger partial charge on any atom is -0.331 e. The third-order valence-corrected chi connectivity index (χ3v) is 2.04. The fourth-order valence-electron chi connectivity index (χ4n) is 0.953. The van der Waals surface area contributed by atoms with Crippen LogP contribution in [0.15, 0.2) is 0 Å². The first-order chi connectivity index (χ1) is 5.99. The van der Waals surface area contributed by atoms with Crippen LogP contribution in [-0.4, -0.2) is 30.4 Å². The smallest absolute Gasteiger partial charge is 0.230 e. The van der Waals surface area contributed by atoms with E-state index in [1.54, 1.807) is 4.90 Å². The predicted molar refractivity (Wildman–Crippen MR) is 53.9 cm³/mol. The molecule has 74 valence electrons. The van der Waals surface area contributed by atoms with Gasteiger partial charge in [0.25, 0.3) is 0 Å². The lowest BCUT2D eigenvalue weighted by atomic mass is 9.92. The molecule has 2 N–H and O–H groups in total. The van der Waals surface area contributed by atoms with E-state index in [-0.39, 0.29) is 5.91 Å². The molecule has 0 saturated heterocycles. The van der Waals surface area contributed by atoms with Crippen LogP contribution in [0.5, 0.6) is 0 Å². The highest BCUT2D eigenvalue weighted by atomic mass is 16.2. The summed E-state index contributed by atoms with van der Waals surface area (Å²) in [6, 6.07) is 0. The highest BCUT2D eigenvalue weighted by Gasteiger charge is 2.29. The van der Waals surface area contributed by atoms with Gasteiger partial charge in [0.2, 0.25) is 5.91 Å². The summed E-state index contributed by atoms with van der Waals surface area (Å²) in [5, 5.41) is 0. The number of nitrogens with zero attached hydrogens (tertiary/aromatic N) is 1. The molecule has 0 spiro atoms. The maximum absolute atomic E-state index is 11.8. The number of carbonyl (C=O) groups is 1. The highest BCUT2D eigenvalue weighted by Crippen LogP contribution is 2.16. The van der Waals surface area contributed by atoms with Gasteiger partial charge in [0.05, 0.1) is 12.0 Å². The topological polar surface area (TPSA) is 46.3 Å². The summed E-state index contributed by atoms with van der Waals surface area (Å²) in [5.41, 5.74) is 4.99. The van der Waals surface area contributed by atoms with Gasteiger partial charge in [-0.05, 0) is 20.8 Å². The van der Waals surface area contributed by atoms with E-state index < -0.39 is 5.41 Å². The quantitative estimate of drug-likeness (QED) is 0.642. The van der Waals surface area contributed by atoms with Gasteiger partial charge in [0.1, 0.15) is 0 Å². The first kappa shape index (κ1) is 12.0. The minimum atomic E-state index is -0.507. The van der Waals surface area contributed by atoms with Gasteiger partial charge in [-0.1, -0.05) is 5.92 Å². The lowest BCUT2D eigenvalue weighted by molar-refractivity contribution is -0.138. The SMILES string of the molecule is C#CCN(CC)C(=O)C(C)(C)CN. The molecule has 1 amide bonds. The largest absolute Gasteiger partial charge is 0.331 e. The van der Waals surface area contributed by atoms with E-state index in [2.05, 4.69) is 5.92 Å². The summed E-state index contributed by atoms with van der Waals surface area (Å²) in [5.74, 6) is 2.48. The van der Waals surface area contributed by atoms with Crippen LogP contribution in [0, 0.1) is 17.8 Å². The van der Waals surface area contributed by atoms with Crippen LogP contribution in [0.3, 0.4) is 0 Å². The molecular formula is C10H18N2O. The van der Waals surface area contributed by atoms with Crippen LogP contribution >= 0.6 is 0 Å². The second kappa shape index (κ2) is 4.88. The Labute approximate surface area is 80.3 Å². The third-order valence-electron chi connectivity index (χ3n) is 2.04. The normalized spacial score (nSPS) is 10.7. The zero-order valence-corrected chi connectivity index (χ0v) is 8.63. The zero-order valence-electron chi connectivity index (χ0n) is 8.63. The molecule has 0 aliphatic carbocycles. The minimum absolute atomic E-state index is 0.0236. The van der Waals surface area contributed by atoms with Crippen molar-refractivity contribution in [1.82, 2.24) is 4.90 Å². The van der Waals surface area contributed by atoms with Gasteiger partial charge in [0, 0.05) is 13.1 Å². The van der Waals surface area contributed by atoms with Gasteiger partial charge in [-0.25, -0.2) is 0 Å². The first-order valence-electron chi connectivity index (χ1n) is 4.42. The molecule has 0 unspecified atom stereocenters. The van der Waals surface area contributed by atoms with Gasteiger partial charge in [-0.2, -0.15) is 0 Å². The van der Waals surface area contributed by atoms with E-state index >= 15 is 0 Å². The maximum atomic E-state index is 11.8. The van der Waals surface area contributed by atoms with Crippen LogP contribution in [0.25, 0.3) is 0 Å². The monoisotopic (exact) mass is 182 g/mol. The van der Waals surface area contributed by atoms with Crippen molar-refractivity contribution in [2.45, 2.75) is 20.8 Å². The van der Waals surface area contributed by atoms with Crippen molar-refractivity contribution in [3.8, 4) is 12.3 Å². The molecule has 0 radical (unpaired) electrons. The second-order valence-electron chi connectivity index (χ2n) is 3.61. The zero-order chi connectivity index (χ0) is 10.5. The molecule has 0 aliphatic heterocycles. The van der Waals surface area contributed by atoms with E-state index in [4.69, 9.17) is 12.2 Å². The fraction of sp³-hybridized carbons (Fsp3) is 0.700. The van der Waals surface area contributed by atoms with Crippen molar-refractivity contribution in [2.75, 3.05) is 19.6 Å². The van der Waals surface area contributed by atoms with Gasteiger partial charge in [-0.15, -0.1) is 6.42 Å². The average molecular weight is 182 g/mol. The number of rotatable bonds is 4. The first-order valence-corrected chi connectivity index (χ1v) is 4.42. The molecule has 3 heteroatoms. The Balaban J connectivity index is 4.47. The van der Waals surface area contributed by atoms with Gasteiger partial charge >= 0.3 is 0 Å². The molecule has 13 heavy (non-hydrogen) atoms. The number of nitrogens with two attached hydrogens (primary N) is 1. The molecule has 0 bridgehead atoms. The molecule has 0 atom stereocenters. The molecule has 0 aliphatic rings. The number of terminal acetylenes is 1. The lowest BCUT2D eigenvalue weighted by Gasteiger charge is -2.28. The Bertz CT molecular complexity index is 215. The van der Waals surface area contributed by atoms with Crippen LogP contribution in [0.2, 0.25) is 0 Å². The van der Waals surface area contributed by atoms with Crippen molar-refractivity contribution in [3.05, 3.63) is 0 Å². The van der Waals surface area contributed by atoms with Gasteiger partial charge in [-0.3, -0.25) is 4.79 Å². The maximum Gasteiger partial charge on any atom is 0.230 e. The Morgan fingerprint density at radius 3 is 2.46 bits per heavy atom. The molecular weight excluding hydrogens is 164 g/mol. The Hall–Kier alpha value is -1.01. The van der Waals surface area contributed by atoms with E-state index in [1.807, 2.05) is 20.8 Å². The van der Waals surface area contributed by atoms with Crippen molar-refractivity contribution in [2.24, 2.45) is 11.1 Å². The summed E-state index contributed by atoms with van der Waals surface area (Å²) < 4.78 is 0. The van der Waals surface area contributed by atoms with Crippen molar-refractivity contribution >= 4 is 5.91 Å². The summed E-state index contributed by atoms with van der Waals surface area (Å²) in [6.45, 7) is 6.89. The van der Waals surface area contributed by atoms with E-state index in [1.165, 1.54) is 0 Å². The average Bonchev–Trinajstić information content (AvgIpc) is 2.13. The fourth-order valence-corrected chi connectivity index (χ4v) is 0.953. The Kier molecular flexibility index (Phi) is 4.50. The molecule has 0 aromatic carbocycles. The van der Waals surface area contributed by atoms with Crippen LogP contribution in [0.4, 0.5) is 0 Å². The summed E-state index contributed by atoms with van der Waals surface area (Å²) in [7, 11) is 0. The van der Waals surface area contributed by atoms with Gasteiger partial charge in [0.15, 0.2) is 0 Å². The van der Waals surface area contributed by atoms with Crippen molar-refractivity contribution in [3.63, 3.8) is 0 Å². The highest BCUT2D eigenvalue weighted by molar-refractivity contribution is 5.82. The Morgan fingerprint density at radius 2 is 2.15 bits per heavy atom. The van der Waals surface area contributed by atoms with Gasteiger partial charge < -0.3 is 10.6 Å². The molecule has 3 nitrogen and oxygen atoms in total. The van der Waals surface area contributed by atoms with E-state index in [0.717, 1.165) is 0 Å². The van der Waals surface area contributed by atoms with Crippen molar-refractivity contribution in [1.29, 1.82) is 0 Å². The summed E-state index contributed by atoms with van der Waals surface area (Å²) >= 11 is 0. The van der Waals surface area contributed by atoms with Crippen LogP contribution in [-0.2, 0) is 4.79 Å². The Morgan fingerprint density at radius 1 is 1.62 bits per heavy atom.